The van der Waals surface area contributed by atoms with E-state index < -0.39 is 67.9 Å². The third-order valence-corrected chi connectivity index (χ3v) is 7.14. The number of amides is 2. The van der Waals surface area contributed by atoms with Gasteiger partial charge in [0.2, 0.25) is 0 Å². The topological polar surface area (TPSA) is 107 Å². The van der Waals surface area contributed by atoms with Crippen LogP contribution in [0.2, 0.25) is 0 Å². The first-order valence-electron chi connectivity index (χ1n) is 11.1. The summed E-state index contributed by atoms with van der Waals surface area (Å²) in [5.74, 6) is -2.67. The molecule has 0 fully saturated rings. The Morgan fingerprint density at radius 3 is 1.98 bits per heavy atom. The number of nitrogens with two attached hydrogens (primary N) is 1. The number of primary amides is 1. The highest BCUT2D eigenvalue weighted by atomic mass is 32.2. The Hall–Kier alpha value is -3.01. The summed E-state index contributed by atoms with van der Waals surface area (Å²) in [4.78, 5) is 27.2. The van der Waals surface area contributed by atoms with Gasteiger partial charge in [-0.25, -0.2) is 4.39 Å². The molecule has 222 valence electrons. The van der Waals surface area contributed by atoms with Crippen molar-refractivity contribution in [2.75, 3.05) is 23.2 Å². The number of hydrogen-bond donors (Lipinski definition) is 1. The minimum Gasteiger partial charge on any atom is -0.382 e. The summed E-state index contributed by atoms with van der Waals surface area (Å²) < 4.78 is 123. The number of thioether (sulfide) groups is 1. The number of carbonyl (C=O) groups is 2. The summed E-state index contributed by atoms with van der Waals surface area (Å²) in [7, 11) is -4.19. The van der Waals surface area contributed by atoms with Crippen LogP contribution in [0.5, 0.6) is 5.75 Å². The van der Waals surface area contributed by atoms with Gasteiger partial charge in [-0.3, -0.25) is 9.59 Å². The van der Waals surface area contributed by atoms with E-state index in [4.69, 9.17) is 9.92 Å². The number of alkyl halides is 7. The predicted molar refractivity (Wildman–Crippen MR) is 136 cm³/mol. The molecule has 16 heteroatoms. The normalized spacial score (nSPS) is 13.2. The van der Waals surface area contributed by atoms with Crippen LogP contribution >= 0.6 is 11.8 Å². The number of hydrogen-bond acceptors (Lipinski definition) is 6. The molecule has 2 aromatic carbocycles. The Morgan fingerprint density at radius 2 is 1.55 bits per heavy atom. The van der Waals surface area contributed by atoms with Crippen LogP contribution in [0.15, 0.2) is 36.4 Å². The second-order valence-corrected chi connectivity index (χ2v) is 11.8. The molecule has 0 spiro atoms. The van der Waals surface area contributed by atoms with E-state index in [9.17, 15) is 48.7 Å². The molecule has 0 unspecified atom stereocenters. The number of anilines is 1. The van der Waals surface area contributed by atoms with Gasteiger partial charge in [-0.2, -0.15) is 46.5 Å². The molecule has 2 rings (SSSR count). The van der Waals surface area contributed by atoms with E-state index in [0.717, 1.165) is 30.0 Å². The van der Waals surface area contributed by atoms with Gasteiger partial charge in [-0.1, -0.05) is 18.2 Å². The van der Waals surface area contributed by atoms with Crippen molar-refractivity contribution >= 4 is 39.4 Å². The first-order chi connectivity index (χ1) is 18.0. The van der Waals surface area contributed by atoms with Crippen molar-refractivity contribution in [3.8, 4) is 5.75 Å². The van der Waals surface area contributed by atoms with Gasteiger partial charge in [-0.15, -0.1) is 0 Å². The summed E-state index contributed by atoms with van der Waals surface area (Å²) in [5.41, 5.74) is -4.87. The molecule has 0 aliphatic rings. The molecule has 0 atom stereocenters. The zero-order chi connectivity index (χ0) is 31.1. The van der Waals surface area contributed by atoms with Gasteiger partial charge in [0.15, 0.2) is 5.75 Å². The fourth-order valence-electron chi connectivity index (χ4n) is 4.05. The van der Waals surface area contributed by atoms with Gasteiger partial charge >= 0.3 is 28.1 Å². The summed E-state index contributed by atoms with van der Waals surface area (Å²) >= 11 is 1.24. The molecule has 2 aromatic rings. The highest BCUT2D eigenvalue weighted by molar-refractivity contribution is 7.98. The lowest BCUT2D eigenvalue weighted by atomic mass is 9.91. The molecule has 0 aliphatic heterocycles. The summed E-state index contributed by atoms with van der Waals surface area (Å²) in [6, 6.07) is 4.70. The van der Waals surface area contributed by atoms with E-state index in [0.29, 0.717) is 12.3 Å². The Kier molecular flexibility index (Phi) is 9.22. The zero-order valence-corrected chi connectivity index (χ0v) is 23.3. The summed E-state index contributed by atoms with van der Waals surface area (Å²) in [6.45, 7) is 4.14. The fraction of sp³-hybridized carbons (Fsp3) is 0.417. The maximum absolute atomic E-state index is 14.7. The zero-order valence-electron chi connectivity index (χ0n) is 21.7. The number of rotatable bonds is 9. The monoisotopic (exact) mass is 618 g/mol. The molecular formula is C24H25F7N2O5S2. The van der Waals surface area contributed by atoms with Crippen molar-refractivity contribution in [3.05, 3.63) is 58.7 Å². The van der Waals surface area contributed by atoms with Crippen LogP contribution in [-0.4, -0.2) is 56.4 Å². The Balaban J connectivity index is 2.85. The van der Waals surface area contributed by atoms with Gasteiger partial charge in [0.1, 0.15) is 0 Å². The van der Waals surface area contributed by atoms with Gasteiger partial charge in [0, 0.05) is 17.0 Å². The molecule has 2 amide bonds. The van der Waals surface area contributed by atoms with Crippen LogP contribution in [0.25, 0.3) is 0 Å². The van der Waals surface area contributed by atoms with Gasteiger partial charge in [0.25, 0.3) is 11.8 Å². The molecule has 2 N–H and O–H groups in total. The molecule has 0 radical (unpaired) electrons. The van der Waals surface area contributed by atoms with Crippen molar-refractivity contribution in [2.24, 2.45) is 5.73 Å². The maximum Gasteiger partial charge on any atom is 0.435 e. The van der Waals surface area contributed by atoms with Crippen LogP contribution < -0.4 is 14.8 Å². The number of halogens is 7. The van der Waals surface area contributed by atoms with E-state index in [1.807, 2.05) is 0 Å². The minimum absolute atomic E-state index is 0.170. The molecule has 0 bridgehead atoms. The van der Waals surface area contributed by atoms with Crippen LogP contribution in [0.4, 0.5) is 36.4 Å². The lowest BCUT2D eigenvalue weighted by Crippen LogP contribution is -2.51. The summed E-state index contributed by atoms with van der Waals surface area (Å²) in [6.07, 6.45) is -10.3. The van der Waals surface area contributed by atoms with Crippen LogP contribution in [-0.2, 0) is 15.8 Å². The molecule has 40 heavy (non-hydrogen) atoms. The average Bonchev–Trinajstić information content (AvgIpc) is 2.76. The second-order valence-electron chi connectivity index (χ2n) is 9.37. The number of carbonyl (C=O) groups excluding carboxylic acids is 2. The average molecular weight is 619 g/mol. The smallest absolute Gasteiger partial charge is 0.382 e. The summed E-state index contributed by atoms with van der Waals surface area (Å²) in [5, 5.41) is 0. The number of nitrogens with zero attached hydrogens (tertiary/aromatic N) is 1. The van der Waals surface area contributed by atoms with Crippen LogP contribution in [0.3, 0.4) is 0 Å². The third kappa shape index (κ3) is 6.48. The second kappa shape index (κ2) is 11.1. The number of aryl methyl sites for hydroxylation is 1. The SMILES string of the molecule is CSCC(C)(C)N(C(=O)c1cccc(OS(C)(=O)=O)c1C(N)=O)c1ccc(C(F)(C(F)(F)F)C(F)(F)F)cc1C. The Morgan fingerprint density at radius 1 is 1.00 bits per heavy atom. The third-order valence-electron chi connectivity index (χ3n) is 5.67. The van der Waals surface area contributed by atoms with Crippen molar-refractivity contribution in [1.82, 2.24) is 0 Å². The molecule has 0 saturated carbocycles. The number of benzene rings is 2. The fourth-order valence-corrected chi connectivity index (χ4v) is 5.35. The van der Waals surface area contributed by atoms with Crippen LogP contribution in [0, 0.1) is 6.92 Å². The molecule has 0 saturated heterocycles. The Bertz CT molecular complexity index is 1390. The maximum atomic E-state index is 14.7. The van der Waals surface area contributed by atoms with Crippen LogP contribution in [0.1, 0.15) is 45.7 Å². The lowest BCUT2D eigenvalue weighted by Gasteiger charge is -2.40. The van der Waals surface area contributed by atoms with Crippen molar-refractivity contribution in [2.45, 2.75) is 44.3 Å². The molecule has 7 nitrogen and oxygen atoms in total. The quantitative estimate of drug-likeness (QED) is 0.294. The lowest BCUT2D eigenvalue weighted by molar-refractivity contribution is -0.348. The van der Waals surface area contributed by atoms with Crippen molar-refractivity contribution in [1.29, 1.82) is 0 Å². The molecule has 0 aromatic heterocycles. The van der Waals surface area contributed by atoms with E-state index in [1.54, 1.807) is 6.26 Å². The predicted octanol–water partition coefficient (Wildman–Crippen LogP) is 5.51. The van der Waals surface area contributed by atoms with Crippen molar-refractivity contribution < 1.29 is 52.9 Å². The molecular weight excluding hydrogens is 593 g/mol. The van der Waals surface area contributed by atoms with E-state index in [1.165, 1.54) is 31.7 Å². The van der Waals surface area contributed by atoms with E-state index >= 15 is 0 Å². The Labute approximate surface area is 230 Å². The van der Waals surface area contributed by atoms with Gasteiger partial charge in [0.05, 0.1) is 22.9 Å². The van der Waals surface area contributed by atoms with E-state index in [2.05, 4.69) is 0 Å². The molecule has 0 heterocycles. The van der Waals surface area contributed by atoms with Crippen molar-refractivity contribution in [3.63, 3.8) is 0 Å². The first-order valence-corrected chi connectivity index (χ1v) is 14.3. The highest BCUT2D eigenvalue weighted by Gasteiger charge is 2.73. The van der Waals surface area contributed by atoms with Gasteiger partial charge < -0.3 is 14.8 Å². The van der Waals surface area contributed by atoms with E-state index in [-0.39, 0.29) is 23.1 Å². The van der Waals surface area contributed by atoms with Gasteiger partial charge in [-0.05, 0) is 50.8 Å². The minimum atomic E-state index is -6.34. The highest BCUT2D eigenvalue weighted by Crippen LogP contribution is 2.53. The first kappa shape index (κ1) is 33.2. The standard InChI is InChI=1S/C24H25F7N2O5S2/c1-13-11-14(22(25,23(26,27)28)24(29,30)31)9-10-16(13)33(21(2,3)12-39-4)20(35)15-7-6-8-17(18(15)19(32)34)38-40(5,36)37/h6-11H,12H2,1-5H3,(H2,32,34). The molecule has 0 aliphatic carbocycles. The largest absolute Gasteiger partial charge is 0.435 e.